The van der Waals surface area contributed by atoms with E-state index in [1.165, 1.54) is 0 Å². The van der Waals surface area contributed by atoms with Crippen molar-refractivity contribution in [3.8, 4) is 11.5 Å². The SMILES string of the molecule is CC.COc1cc(Cc2cnc(N)nc2N)ccc1OCc1ccccc1. The maximum atomic E-state index is 5.89. The van der Waals surface area contributed by atoms with Gasteiger partial charge < -0.3 is 20.9 Å². The van der Waals surface area contributed by atoms with Crippen LogP contribution in [0.25, 0.3) is 0 Å². The average Bonchev–Trinajstić information content (AvgIpc) is 2.71. The van der Waals surface area contributed by atoms with Crippen molar-refractivity contribution < 1.29 is 9.47 Å². The van der Waals surface area contributed by atoms with Gasteiger partial charge in [0.25, 0.3) is 0 Å². The fourth-order valence-corrected chi connectivity index (χ4v) is 2.47. The summed E-state index contributed by atoms with van der Waals surface area (Å²) in [5, 5.41) is 0. The van der Waals surface area contributed by atoms with Gasteiger partial charge in [-0.2, -0.15) is 4.98 Å². The standard InChI is InChI=1S/C19H20N4O2.C2H6/c1-24-17-10-14(9-15-11-22-19(21)23-18(15)20)7-8-16(17)25-12-13-5-3-2-4-6-13;1-2/h2-8,10-11H,9,12H2,1H3,(H4,20,21,22,23);1-2H3. The lowest BCUT2D eigenvalue weighted by Crippen LogP contribution is -2.04. The van der Waals surface area contributed by atoms with Crippen LogP contribution < -0.4 is 20.9 Å². The minimum Gasteiger partial charge on any atom is -0.493 e. The van der Waals surface area contributed by atoms with E-state index in [4.69, 9.17) is 20.9 Å². The molecule has 6 nitrogen and oxygen atoms in total. The molecule has 0 spiro atoms. The quantitative estimate of drug-likeness (QED) is 0.688. The molecule has 0 fully saturated rings. The predicted octanol–water partition coefficient (Wildman–Crippen LogP) is 3.85. The Labute approximate surface area is 160 Å². The molecule has 142 valence electrons. The van der Waals surface area contributed by atoms with Gasteiger partial charge in [-0.1, -0.05) is 50.2 Å². The number of nitrogens with zero attached hydrogens (tertiary/aromatic N) is 2. The molecule has 3 aromatic rings. The molecule has 4 N–H and O–H groups in total. The van der Waals surface area contributed by atoms with Crippen molar-refractivity contribution in [1.82, 2.24) is 9.97 Å². The molecular weight excluding hydrogens is 340 g/mol. The second-order valence-corrected chi connectivity index (χ2v) is 5.57. The molecular formula is C21H26N4O2. The summed E-state index contributed by atoms with van der Waals surface area (Å²) in [6, 6.07) is 15.8. The first-order valence-corrected chi connectivity index (χ1v) is 8.86. The molecule has 1 heterocycles. The Morgan fingerprint density at radius 3 is 2.33 bits per heavy atom. The van der Waals surface area contributed by atoms with E-state index in [2.05, 4.69) is 9.97 Å². The number of methoxy groups -OCH3 is 1. The fraction of sp³-hybridized carbons (Fsp3) is 0.238. The Bertz CT molecular complexity index is 854. The number of rotatable bonds is 6. The third-order valence-electron chi connectivity index (χ3n) is 3.78. The fourth-order valence-electron chi connectivity index (χ4n) is 2.47. The van der Waals surface area contributed by atoms with Gasteiger partial charge >= 0.3 is 0 Å². The van der Waals surface area contributed by atoms with E-state index in [-0.39, 0.29) is 5.95 Å². The van der Waals surface area contributed by atoms with Gasteiger partial charge in [-0.3, -0.25) is 0 Å². The third kappa shape index (κ3) is 5.60. The van der Waals surface area contributed by atoms with Crippen molar-refractivity contribution in [3.63, 3.8) is 0 Å². The molecule has 1 aromatic heterocycles. The average molecular weight is 366 g/mol. The van der Waals surface area contributed by atoms with E-state index in [0.29, 0.717) is 30.3 Å². The second kappa shape index (κ2) is 10.0. The predicted molar refractivity (Wildman–Crippen MR) is 109 cm³/mol. The Morgan fingerprint density at radius 2 is 1.67 bits per heavy atom. The van der Waals surface area contributed by atoms with Gasteiger partial charge in [0, 0.05) is 18.2 Å². The topological polar surface area (TPSA) is 96.3 Å². The van der Waals surface area contributed by atoms with Crippen LogP contribution in [0.1, 0.15) is 30.5 Å². The monoisotopic (exact) mass is 366 g/mol. The number of anilines is 2. The lowest BCUT2D eigenvalue weighted by Gasteiger charge is -2.13. The summed E-state index contributed by atoms with van der Waals surface area (Å²) in [6.45, 7) is 4.48. The van der Waals surface area contributed by atoms with Crippen LogP contribution in [-0.4, -0.2) is 17.1 Å². The number of nitrogens with two attached hydrogens (primary N) is 2. The molecule has 27 heavy (non-hydrogen) atoms. The largest absolute Gasteiger partial charge is 0.493 e. The highest BCUT2D eigenvalue weighted by Crippen LogP contribution is 2.30. The van der Waals surface area contributed by atoms with Crippen molar-refractivity contribution in [3.05, 3.63) is 71.4 Å². The van der Waals surface area contributed by atoms with Crippen LogP contribution in [0.5, 0.6) is 11.5 Å². The number of benzene rings is 2. The van der Waals surface area contributed by atoms with Gasteiger partial charge in [0.15, 0.2) is 11.5 Å². The van der Waals surface area contributed by atoms with Crippen molar-refractivity contribution in [2.24, 2.45) is 0 Å². The van der Waals surface area contributed by atoms with E-state index >= 15 is 0 Å². The van der Waals surface area contributed by atoms with Crippen molar-refractivity contribution >= 4 is 11.8 Å². The Morgan fingerprint density at radius 1 is 0.926 bits per heavy atom. The molecule has 0 atom stereocenters. The Balaban J connectivity index is 0.00000126. The van der Waals surface area contributed by atoms with E-state index < -0.39 is 0 Å². The number of hydrogen-bond acceptors (Lipinski definition) is 6. The summed E-state index contributed by atoms with van der Waals surface area (Å²) in [6.07, 6.45) is 2.23. The Kier molecular flexibility index (Phi) is 7.43. The molecule has 2 aromatic carbocycles. The number of ether oxygens (including phenoxy) is 2. The van der Waals surface area contributed by atoms with Crippen LogP contribution in [0.3, 0.4) is 0 Å². The van der Waals surface area contributed by atoms with Crippen molar-refractivity contribution in [1.29, 1.82) is 0 Å². The molecule has 0 aliphatic carbocycles. The summed E-state index contributed by atoms with van der Waals surface area (Å²) in [4.78, 5) is 7.97. The molecule has 0 amide bonds. The normalized spacial score (nSPS) is 9.89. The van der Waals surface area contributed by atoms with Crippen LogP contribution in [-0.2, 0) is 13.0 Å². The first-order chi connectivity index (χ1) is 13.2. The van der Waals surface area contributed by atoms with Crippen LogP contribution in [0.4, 0.5) is 11.8 Å². The molecule has 6 heteroatoms. The van der Waals surface area contributed by atoms with Crippen LogP contribution in [0.15, 0.2) is 54.7 Å². The Hall–Kier alpha value is -3.28. The third-order valence-corrected chi connectivity index (χ3v) is 3.78. The smallest absolute Gasteiger partial charge is 0.221 e. The summed E-state index contributed by atoms with van der Waals surface area (Å²) in [5.41, 5.74) is 14.4. The van der Waals surface area contributed by atoms with E-state index in [1.54, 1.807) is 13.3 Å². The molecule has 0 aliphatic rings. The van der Waals surface area contributed by atoms with E-state index in [9.17, 15) is 0 Å². The molecule has 0 bridgehead atoms. The molecule has 0 radical (unpaired) electrons. The van der Waals surface area contributed by atoms with Gasteiger partial charge in [0.2, 0.25) is 5.95 Å². The van der Waals surface area contributed by atoms with Gasteiger partial charge in [0.05, 0.1) is 7.11 Å². The van der Waals surface area contributed by atoms with Crippen LogP contribution in [0, 0.1) is 0 Å². The lowest BCUT2D eigenvalue weighted by atomic mass is 10.1. The first-order valence-electron chi connectivity index (χ1n) is 8.86. The molecule has 0 aliphatic heterocycles. The lowest BCUT2D eigenvalue weighted by molar-refractivity contribution is 0.284. The van der Waals surface area contributed by atoms with Crippen molar-refractivity contribution in [2.45, 2.75) is 26.9 Å². The minimum atomic E-state index is 0.170. The van der Waals surface area contributed by atoms with Crippen molar-refractivity contribution in [2.75, 3.05) is 18.6 Å². The number of aromatic nitrogens is 2. The van der Waals surface area contributed by atoms with Gasteiger partial charge in [-0.15, -0.1) is 0 Å². The summed E-state index contributed by atoms with van der Waals surface area (Å²) in [5.74, 6) is 1.92. The molecule has 3 rings (SSSR count). The van der Waals surface area contributed by atoms with E-state index in [1.807, 2.05) is 62.4 Å². The van der Waals surface area contributed by atoms with E-state index in [0.717, 1.165) is 16.7 Å². The van der Waals surface area contributed by atoms with Crippen LogP contribution >= 0.6 is 0 Å². The minimum absolute atomic E-state index is 0.170. The highest BCUT2D eigenvalue weighted by atomic mass is 16.5. The molecule has 0 saturated carbocycles. The number of hydrogen-bond donors (Lipinski definition) is 2. The highest BCUT2D eigenvalue weighted by molar-refractivity contribution is 5.48. The van der Waals surface area contributed by atoms with Gasteiger partial charge in [0.1, 0.15) is 12.4 Å². The zero-order valence-corrected chi connectivity index (χ0v) is 16.0. The zero-order chi connectivity index (χ0) is 19.6. The summed E-state index contributed by atoms with van der Waals surface area (Å²) in [7, 11) is 1.62. The highest BCUT2D eigenvalue weighted by Gasteiger charge is 2.09. The summed E-state index contributed by atoms with van der Waals surface area (Å²) >= 11 is 0. The first kappa shape index (κ1) is 20.0. The summed E-state index contributed by atoms with van der Waals surface area (Å²) < 4.78 is 11.3. The molecule has 0 unspecified atom stereocenters. The molecule has 0 saturated heterocycles. The second-order valence-electron chi connectivity index (χ2n) is 5.57. The van der Waals surface area contributed by atoms with Crippen LogP contribution in [0.2, 0.25) is 0 Å². The zero-order valence-electron chi connectivity index (χ0n) is 16.0. The maximum Gasteiger partial charge on any atom is 0.221 e. The number of nitrogen functional groups attached to an aromatic ring is 2. The van der Waals surface area contributed by atoms with Gasteiger partial charge in [-0.25, -0.2) is 4.98 Å². The van der Waals surface area contributed by atoms with Gasteiger partial charge in [-0.05, 0) is 23.3 Å². The maximum absolute atomic E-state index is 5.89.